The van der Waals surface area contributed by atoms with E-state index < -0.39 is 41.8 Å². The third kappa shape index (κ3) is 6.00. The van der Waals surface area contributed by atoms with Crippen LogP contribution >= 0.6 is 23.2 Å². The Hall–Kier alpha value is -2.52. The summed E-state index contributed by atoms with van der Waals surface area (Å²) in [6, 6.07) is 5.59. The van der Waals surface area contributed by atoms with E-state index in [9.17, 15) is 27.6 Å². The molecule has 0 radical (unpaired) electrons. The molecule has 1 atom stereocenters. The van der Waals surface area contributed by atoms with Crippen LogP contribution in [0.3, 0.4) is 0 Å². The molecule has 0 aliphatic rings. The number of amides is 1. The quantitative estimate of drug-likeness (QED) is 0.724. The van der Waals surface area contributed by atoms with Crippen LogP contribution in [0, 0.1) is 0 Å². The molecular formula is C17H13Cl2F3N2O4. The molecule has 0 aliphatic heterocycles. The van der Waals surface area contributed by atoms with E-state index in [-0.39, 0.29) is 15.7 Å². The van der Waals surface area contributed by atoms with Gasteiger partial charge in [0.2, 0.25) is 0 Å². The van der Waals surface area contributed by atoms with Crippen molar-refractivity contribution < 1.29 is 27.5 Å². The summed E-state index contributed by atoms with van der Waals surface area (Å²) in [4.78, 5) is 35.6. The van der Waals surface area contributed by atoms with Crippen LogP contribution in [0.4, 0.5) is 18.9 Å². The largest absolute Gasteiger partial charge is 0.451 e. The van der Waals surface area contributed by atoms with E-state index in [4.69, 9.17) is 27.9 Å². The number of pyridine rings is 1. The molecule has 11 heteroatoms. The summed E-state index contributed by atoms with van der Waals surface area (Å²) in [6.07, 6.45) is -5.46. The maximum atomic E-state index is 12.7. The van der Waals surface area contributed by atoms with E-state index in [0.717, 1.165) is 0 Å². The molecule has 1 aromatic heterocycles. The van der Waals surface area contributed by atoms with Crippen molar-refractivity contribution in [3.63, 3.8) is 0 Å². The number of ether oxygens (including phenoxy) is 1. The second kappa shape index (κ2) is 8.66. The summed E-state index contributed by atoms with van der Waals surface area (Å²) in [5, 5.41) is 2.98. The Kier molecular flexibility index (Phi) is 6.73. The van der Waals surface area contributed by atoms with Crippen LogP contribution in [-0.4, -0.2) is 22.5 Å². The standard InChI is InChI=1S/C17H13Cl2F3N2O4/c1-9(16(27)23-13-5-11(18)4-12(19)6-13)28-15(26)8-24-7-10(17(20,21)22)2-3-14(24)25/h2-7,9H,8H2,1H3,(H,23,27). The van der Waals surface area contributed by atoms with Crippen molar-refractivity contribution in [1.29, 1.82) is 0 Å². The molecule has 0 saturated heterocycles. The number of benzene rings is 1. The Bertz CT molecular complexity index is 940. The number of carbonyl (C=O) groups excluding carboxylic acids is 2. The Balaban J connectivity index is 2.02. The lowest BCUT2D eigenvalue weighted by Crippen LogP contribution is -2.33. The molecule has 0 bridgehead atoms. The number of nitrogens with one attached hydrogen (secondary N) is 1. The average Bonchev–Trinajstić information content (AvgIpc) is 2.54. The van der Waals surface area contributed by atoms with E-state index in [2.05, 4.69) is 5.32 Å². The number of esters is 1. The molecule has 2 rings (SSSR count). The van der Waals surface area contributed by atoms with Gasteiger partial charge in [-0.05, 0) is 31.2 Å². The summed E-state index contributed by atoms with van der Waals surface area (Å²) < 4.78 is 43.6. The molecule has 0 saturated carbocycles. The van der Waals surface area contributed by atoms with Gasteiger partial charge in [-0.1, -0.05) is 23.2 Å². The zero-order valence-corrected chi connectivity index (χ0v) is 15.7. The third-order valence-corrected chi connectivity index (χ3v) is 3.85. The molecule has 1 N–H and O–H groups in total. The number of rotatable bonds is 5. The smallest absolute Gasteiger partial charge is 0.417 e. The first kappa shape index (κ1) is 21.8. The Morgan fingerprint density at radius 3 is 2.36 bits per heavy atom. The number of carbonyl (C=O) groups is 2. The van der Waals surface area contributed by atoms with Gasteiger partial charge in [-0.25, -0.2) is 0 Å². The highest BCUT2D eigenvalue weighted by Gasteiger charge is 2.31. The minimum Gasteiger partial charge on any atom is -0.451 e. The number of aromatic nitrogens is 1. The van der Waals surface area contributed by atoms with Gasteiger partial charge in [0.15, 0.2) is 6.10 Å². The fourth-order valence-corrected chi connectivity index (χ4v) is 2.65. The van der Waals surface area contributed by atoms with Crippen LogP contribution in [0.15, 0.2) is 41.3 Å². The molecule has 1 amide bonds. The van der Waals surface area contributed by atoms with Gasteiger partial charge in [0.1, 0.15) is 6.54 Å². The zero-order valence-electron chi connectivity index (χ0n) is 14.2. The Morgan fingerprint density at radius 1 is 1.18 bits per heavy atom. The van der Waals surface area contributed by atoms with Crippen molar-refractivity contribution in [3.05, 3.63) is 62.5 Å². The normalized spacial score (nSPS) is 12.4. The summed E-state index contributed by atoms with van der Waals surface area (Å²) in [6.45, 7) is 0.470. The first-order valence-corrected chi connectivity index (χ1v) is 8.45. The lowest BCUT2D eigenvalue weighted by Gasteiger charge is -2.15. The van der Waals surface area contributed by atoms with Gasteiger partial charge in [0.05, 0.1) is 5.56 Å². The SMILES string of the molecule is CC(OC(=O)Cn1cc(C(F)(F)F)ccc1=O)C(=O)Nc1cc(Cl)cc(Cl)c1. The average molecular weight is 437 g/mol. The molecule has 1 aromatic carbocycles. The highest BCUT2D eigenvalue weighted by atomic mass is 35.5. The molecule has 0 spiro atoms. The minimum atomic E-state index is -4.68. The molecule has 6 nitrogen and oxygen atoms in total. The number of hydrogen-bond acceptors (Lipinski definition) is 4. The molecule has 1 heterocycles. The number of halogens is 5. The highest BCUT2D eigenvalue weighted by Crippen LogP contribution is 2.28. The van der Waals surface area contributed by atoms with Gasteiger partial charge in [-0.2, -0.15) is 13.2 Å². The van der Waals surface area contributed by atoms with Crippen LogP contribution in [-0.2, 0) is 27.0 Å². The second-order valence-electron chi connectivity index (χ2n) is 5.66. The van der Waals surface area contributed by atoms with Gasteiger partial charge in [-0.15, -0.1) is 0 Å². The van der Waals surface area contributed by atoms with Gasteiger partial charge in [-0.3, -0.25) is 14.4 Å². The van der Waals surface area contributed by atoms with Crippen LogP contribution in [0.1, 0.15) is 12.5 Å². The predicted octanol–water partition coefficient (Wildman–Crippen LogP) is 3.74. The van der Waals surface area contributed by atoms with Gasteiger partial charge < -0.3 is 14.6 Å². The zero-order chi connectivity index (χ0) is 21.1. The molecule has 150 valence electrons. The first-order valence-electron chi connectivity index (χ1n) is 7.70. The van der Waals surface area contributed by atoms with Gasteiger partial charge >= 0.3 is 12.1 Å². The van der Waals surface area contributed by atoms with Crippen molar-refractivity contribution in [2.24, 2.45) is 0 Å². The van der Waals surface area contributed by atoms with E-state index in [1.807, 2.05) is 0 Å². The second-order valence-corrected chi connectivity index (χ2v) is 6.53. The number of alkyl halides is 3. The van der Waals surface area contributed by atoms with E-state index >= 15 is 0 Å². The molecule has 0 fully saturated rings. The molecular weight excluding hydrogens is 424 g/mol. The summed E-state index contributed by atoms with van der Waals surface area (Å²) in [5.41, 5.74) is -1.65. The van der Waals surface area contributed by atoms with E-state index in [1.165, 1.54) is 25.1 Å². The van der Waals surface area contributed by atoms with E-state index in [0.29, 0.717) is 22.9 Å². The number of anilines is 1. The summed E-state index contributed by atoms with van der Waals surface area (Å²) in [5.74, 6) is -1.78. The van der Waals surface area contributed by atoms with E-state index in [1.54, 1.807) is 0 Å². The minimum absolute atomic E-state index is 0.263. The summed E-state index contributed by atoms with van der Waals surface area (Å²) in [7, 11) is 0. The topological polar surface area (TPSA) is 77.4 Å². The summed E-state index contributed by atoms with van der Waals surface area (Å²) >= 11 is 11.6. The monoisotopic (exact) mass is 436 g/mol. The van der Waals surface area contributed by atoms with Crippen molar-refractivity contribution >= 4 is 40.8 Å². The van der Waals surface area contributed by atoms with Crippen LogP contribution in [0.5, 0.6) is 0 Å². The van der Waals surface area contributed by atoms with Crippen molar-refractivity contribution in [2.45, 2.75) is 25.7 Å². The molecule has 28 heavy (non-hydrogen) atoms. The van der Waals surface area contributed by atoms with Gasteiger partial charge in [0.25, 0.3) is 11.5 Å². The van der Waals surface area contributed by atoms with Crippen LogP contribution in [0.2, 0.25) is 10.0 Å². The molecule has 0 aliphatic carbocycles. The number of nitrogens with zero attached hydrogens (tertiary/aromatic N) is 1. The lowest BCUT2D eigenvalue weighted by atomic mass is 10.2. The van der Waals surface area contributed by atoms with Gasteiger partial charge in [0, 0.05) is 28.0 Å². The maximum absolute atomic E-state index is 12.7. The fraction of sp³-hybridized carbons (Fsp3) is 0.235. The first-order chi connectivity index (χ1) is 13.0. The van der Waals surface area contributed by atoms with Crippen molar-refractivity contribution in [2.75, 3.05) is 5.32 Å². The number of hydrogen-bond donors (Lipinski definition) is 1. The van der Waals surface area contributed by atoms with Crippen LogP contribution < -0.4 is 10.9 Å². The molecule has 1 unspecified atom stereocenters. The third-order valence-electron chi connectivity index (χ3n) is 3.42. The lowest BCUT2D eigenvalue weighted by molar-refractivity contribution is -0.154. The Morgan fingerprint density at radius 2 is 1.79 bits per heavy atom. The Labute approximate surface area is 166 Å². The highest BCUT2D eigenvalue weighted by molar-refractivity contribution is 6.35. The predicted molar refractivity (Wildman–Crippen MR) is 96.3 cm³/mol. The van der Waals surface area contributed by atoms with Crippen molar-refractivity contribution in [1.82, 2.24) is 4.57 Å². The maximum Gasteiger partial charge on any atom is 0.417 e. The fourth-order valence-electron chi connectivity index (χ4n) is 2.12. The van der Waals surface area contributed by atoms with Crippen molar-refractivity contribution in [3.8, 4) is 0 Å². The van der Waals surface area contributed by atoms with Crippen LogP contribution in [0.25, 0.3) is 0 Å². The molecule has 2 aromatic rings.